The summed E-state index contributed by atoms with van der Waals surface area (Å²) in [5.41, 5.74) is 9.93. The van der Waals surface area contributed by atoms with Gasteiger partial charge in [-0.05, 0) is 60.7 Å². The number of fused-ring (bicyclic) bond motifs is 3. The van der Waals surface area contributed by atoms with Crippen LogP contribution in [0.15, 0.2) is 84.9 Å². The quantitative estimate of drug-likeness (QED) is 0.179. The molecule has 3 heterocycles. The van der Waals surface area contributed by atoms with Gasteiger partial charge in [0.2, 0.25) is 0 Å². The van der Waals surface area contributed by atoms with E-state index in [0.717, 1.165) is 5.56 Å². The van der Waals surface area contributed by atoms with Crippen molar-refractivity contribution in [1.29, 1.82) is 0 Å². The Morgan fingerprint density at radius 2 is 1.04 bits per heavy atom. The van der Waals surface area contributed by atoms with Crippen LogP contribution in [0.1, 0.15) is 31.8 Å². The van der Waals surface area contributed by atoms with Crippen LogP contribution in [0.4, 0.5) is 8.78 Å². The number of carbonyl (C=O) groups excluding carboxylic acids is 2. The average Bonchev–Trinajstić information content (AvgIpc) is 3.76. The van der Waals surface area contributed by atoms with Gasteiger partial charge in [-0.3, -0.25) is 14.5 Å². The maximum atomic E-state index is 14.3. The first-order valence-corrected chi connectivity index (χ1v) is 17.1. The van der Waals surface area contributed by atoms with Crippen LogP contribution < -0.4 is 15.2 Å². The normalized spacial score (nSPS) is 16.7. The summed E-state index contributed by atoms with van der Waals surface area (Å²) in [6.45, 7) is 0.449. The number of nitrogens with two attached hydrogens (primary N) is 1. The van der Waals surface area contributed by atoms with Gasteiger partial charge in [0.05, 0.1) is 37.8 Å². The summed E-state index contributed by atoms with van der Waals surface area (Å²) in [7, 11) is 0. The maximum absolute atomic E-state index is 14.3. The lowest BCUT2D eigenvalue weighted by Gasteiger charge is -2.19. The van der Waals surface area contributed by atoms with E-state index in [4.69, 9.17) is 61.6 Å². The third-order valence-corrected chi connectivity index (χ3v) is 9.98. The number of hydrogen-bond acceptors (Lipinski definition) is 5. The lowest BCUT2D eigenvalue weighted by molar-refractivity contribution is 0.0588. The second-order valence-electron chi connectivity index (χ2n) is 12.0. The van der Waals surface area contributed by atoms with Crippen LogP contribution in [-0.4, -0.2) is 42.0 Å². The molecule has 0 saturated carbocycles. The highest BCUT2D eigenvalue weighted by atomic mass is 35.5. The molecule has 262 valence electrons. The van der Waals surface area contributed by atoms with E-state index in [9.17, 15) is 18.4 Å². The van der Waals surface area contributed by atoms with Gasteiger partial charge in [-0.15, -0.1) is 12.4 Å². The van der Waals surface area contributed by atoms with Gasteiger partial charge in [-0.2, -0.15) is 0 Å². The van der Waals surface area contributed by atoms with Crippen molar-refractivity contribution < 1.29 is 27.8 Å². The number of nitrogens with zero attached hydrogens (tertiary/aromatic N) is 1. The fraction of sp³-hybridized carbons (Fsp3) is 0.158. The molecule has 2 atom stereocenters. The van der Waals surface area contributed by atoms with Crippen molar-refractivity contribution in [2.75, 3.05) is 13.1 Å². The molecule has 0 aliphatic carbocycles. The van der Waals surface area contributed by atoms with Gasteiger partial charge < -0.3 is 15.2 Å². The Kier molecular flexibility index (Phi) is 10.8. The molecule has 0 fully saturated rings. The zero-order valence-electron chi connectivity index (χ0n) is 26.4. The van der Waals surface area contributed by atoms with Crippen LogP contribution in [0.25, 0.3) is 22.3 Å². The van der Waals surface area contributed by atoms with Gasteiger partial charge in [0.25, 0.3) is 11.8 Å². The second kappa shape index (κ2) is 15.0. The summed E-state index contributed by atoms with van der Waals surface area (Å²) in [6.07, 6.45) is 0.324. The van der Waals surface area contributed by atoms with Gasteiger partial charge in [0.1, 0.15) is 35.3 Å². The number of hydrogen-bond donors (Lipinski definition) is 1. The Morgan fingerprint density at radius 1 is 0.627 bits per heavy atom. The van der Waals surface area contributed by atoms with E-state index >= 15 is 0 Å². The average molecular weight is 791 g/mol. The lowest BCUT2D eigenvalue weighted by atomic mass is 10.00. The Bertz CT molecular complexity index is 2130. The van der Waals surface area contributed by atoms with E-state index in [0.29, 0.717) is 89.9 Å². The van der Waals surface area contributed by atoms with Crippen LogP contribution in [0.5, 0.6) is 11.5 Å². The van der Waals surface area contributed by atoms with Crippen LogP contribution in [0.3, 0.4) is 0 Å². The molecule has 0 spiro atoms. The minimum absolute atomic E-state index is 0. The number of halogens is 7. The van der Waals surface area contributed by atoms with E-state index in [1.165, 1.54) is 29.2 Å². The molecule has 5 aromatic rings. The Labute approximate surface area is 318 Å². The van der Waals surface area contributed by atoms with E-state index in [1.807, 2.05) is 0 Å². The summed E-state index contributed by atoms with van der Waals surface area (Å²) in [6, 6.07) is 22.5. The van der Waals surface area contributed by atoms with Crippen molar-refractivity contribution in [1.82, 2.24) is 4.90 Å². The summed E-state index contributed by atoms with van der Waals surface area (Å²) in [4.78, 5) is 26.5. The summed E-state index contributed by atoms with van der Waals surface area (Å²) in [5.74, 6) is -0.392. The minimum Gasteiger partial charge on any atom is -0.488 e. The fourth-order valence-electron chi connectivity index (χ4n) is 6.51. The van der Waals surface area contributed by atoms with Crippen LogP contribution >= 0.6 is 58.8 Å². The van der Waals surface area contributed by atoms with Crippen molar-refractivity contribution in [3.05, 3.63) is 139 Å². The van der Waals surface area contributed by atoms with Gasteiger partial charge in [-0.1, -0.05) is 70.7 Å². The molecule has 3 aliphatic rings. The van der Waals surface area contributed by atoms with Gasteiger partial charge in [0.15, 0.2) is 0 Å². The third kappa shape index (κ3) is 7.01. The molecule has 5 aromatic carbocycles. The van der Waals surface area contributed by atoms with E-state index in [-0.39, 0.29) is 42.7 Å². The SMILES string of the molecule is Cl.NC[C@H]1Cc2cc(F)cc(-c3c(Cl)cccc3Cl)c2O1.O=C1c2ccccc2C(=O)N1C[C@H]1Cc2cc(F)cc(-c3c(Cl)cccc3Cl)c2O1. The molecule has 8 rings (SSSR count). The third-order valence-electron chi connectivity index (χ3n) is 8.72. The monoisotopic (exact) mass is 788 g/mol. The summed E-state index contributed by atoms with van der Waals surface area (Å²) < 4.78 is 40.1. The Balaban J connectivity index is 0.000000186. The lowest BCUT2D eigenvalue weighted by Crippen LogP contribution is -2.38. The topological polar surface area (TPSA) is 81.9 Å². The molecular weight excluding hydrogens is 764 g/mol. The Hall–Kier alpha value is -3.89. The number of rotatable bonds is 5. The van der Waals surface area contributed by atoms with Crippen LogP contribution in [0.2, 0.25) is 20.1 Å². The number of benzene rings is 5. The molecule has 0 radical (unpaired) electrons. The first-order valence-electron chi connectivity index (χ1n) is 15.6. The fourth-order valence-corrected chi connectivity index (χ4v) is 7.71. The molecule has 0 unspecified atom stereocenters. The molecule has 2 N–H and O–H groups in total. The number of amides is 2. The minimum atomic E-state index is -0.496. The molecule has 3 aliphatic heterocycles. The van der Waals surface area contributed by atoms with Crippen LogP contribution in [-0.2, 0) is 12.8 Å². The van der Waals surface area contributed by atoms with Gasteiger partial charge in [-0.25, -0.2) is 8.78 Å². The van der Waals surface area contributed by atoms with Gasteiger partial charge in [0, 0.05) is 52.8 Å². The van der Waals surface area contributed by atoms with Crippen molar-refractivity contribution >= 4 is 70.6 Å². The standard InChI is InChI=1S/C23H14Cl2FNO3.C15H12Cl2FNO.ClH/c24-18-6-3-7-19(25)20(18)17-10-13(26)8-12-9-14(30-21(12)17)11-27-22(28)15-4-1-2-5-16(15)23(27)29;16-12-2-1-3-13(17)14(12)11-6-9(18)4-8-5-10(7-19)20-15(8)11;/h1-8,10,14H,9,11H2;1-4,6,10H,5,7,19H2;1H/t14-;10-;/m11./s1. The number of carbonyl (C=O) groups is 2. The molecule has 0 bridgehead atoms. The van der Waals surface area contributed by atoms with E-state index in [2.05, 4.69) is 0 Å². The van der Waals surface area contributed by atoms with E-state index < -0.39 is 11.9 Å². The van der Waals surface area contributed by atoms with E-state index in [1.54, 1.807) is 60.7 Å². The van der Waals surface area contributed by atoms with Crippen molar-refractivity contribution in [2.24, 2.45) is 5.73 Å². The van der Waals surface area contributed by atoms with Crippen molar-refractivity contribution in [3.63, 3.8) is 0 Å². The highest BCUT2D eigenvalue weighted by Crippen LogP contribution is 2.46. The maximum Gasteiger partial charge on any atom is 0.261 e. The predicted octanol–water partition coefficient (Wildman–Crippen LogP) is 9.88. The second-order valence-corrected chi connectivity index (χ2v) is 13.6. The molecule has 13 heteroatoms. The molecule has 51 heavy (non-hydrogen) atoms. The highest BCUT2D eigenvalue weighted by Gasteiger charge is 2.39. The van der Waals surface area contributed by atoms with Crippen molar-refractivity contribution in [2.45, 2.75) is 25.0 Å². The largest absolute Gasteiger partial charge is 0.488 e. The molecule has 0 aromatic heterocycles. The first-order chi connectivity index (χ1) is 24.0. The molecular formula is C38H27Cl5F2N2O4. The van der Waals surface area contributed by atoms with Crippen LogP contribution in [0, 0.1) is 11.6 Å². The summed E-state index contributed by atoms with van der Waals surface area (Å²) >= 11 is 25.0. The smallest absolute Gasteiger partial charge is 0.261 e. The molecule has 6 nitrogen and oxygen atoms in total. The summed E-state index contributed by atoms with van der Waals surface area (Å²) in [5, 5.41) is 1.68. The molecule has 2 amide bonds. The number of ether oxygens (including phenoxy) is 2. The van der Waals surface area contributed by atoms with Gasteiger partial charge >= 0.3 is 0 Å². The zero-order valence-corrected chi connectivity index (χ0v) is 30.2. The Morgan fingerprint density at radius 3 is 1.47 bits per heavy atom. The predicted molar refractivity (Wildman–Crippen MR) is 198 cm³/mol. The molecule has 0 saturated heterocycles. The highest BCUT2D eigenvalue weighted by molar-refractivity contribution is 6.40. The number of imide groups is 1. The zero-order chi connectivity index (χ0) is 35.3. The first kappa shape index (κ1) is 36.9. The van der Waals surface area contributed by atoms with Crippen molar-refractivity contribution in [3.8, 4) is 33.8 Å².